The summed E-state index contributed by atoms with van der Waals surface area (Å²) < 4.78 is 10.9. The highest BCUT2D eigenvalue weighted by atomic mass is 16.6. The van der Waals surface area contributed by atoms with Gasteiger partial charge in [-0.1, -0.05) is 0 Å². The minimum absolute atomic E-state index is 0.0422. The molecule has 3 unspecified atom stereocenters. The number of imide groups is 1. The predicted molar refractivity (Wildman–Crippen MR) is 144 cm³/mol. The standard InChI is InChI=1S/C26H40N8O4/c1-17-19(14-28-24(29-17)34(16-35)25(36)38-26(2,3)4)21-30-22(33-10-12-37-13-11-33)20(27-5)23(32(21)7)31(6)15-18-8-9-18/h14,16,18,20-21,23H,5,8-13,15H2,1-4,6-7H3. The minimum atomic E-state index is -0.830. The third-order valence-corrected chi connectivity index (χ3v) is 7.02. The minimum Gasteiger partial charge on any atom is -0.443 e. The Labute approximate surface area is 224 Å². The largest absolute Gasteiger partial charge is 0.443 e. The molecule has 12 heteroatoms. The first-order chi connectivity index (χ1) is 18.0. The van der Waals surface area contributed by atoms with Crippen molar-refractivity contribution in [2.24, 2.45) is 15.9 Å². The van der Waals surface area contributed by atoms with E-state index in [1.165, 1.54) is 12.8 Å². The van der Waals surface area contributed by atoms with Gasteiger partial charge in [-0.2, -0.15) is 4.90 Å². The average molecular weight is 529 g/mol. The molecule has 3 atom stereocenters. The summed E-state index contributed by atoms with van der Waals surface area (Å²) in [7, 11) is 4.16. The number of amides is 2. The summed E-state index contributed by atoms with van der Waals surface area (Å²) in [4.78, 5) is 50.5. The molecule has 2 amide bonds. The molecule has 1 aromatic heterocycles. The zero-order valence-corrected chi connectivity index (χ0v) is 23.3. The average Bonchev–Trinajstić information content (AvgIpc) is 3.68. The van der Waals surface area contributed by atoms with Crippen molar-refractivity contribution in [3.63, 3.8) is 0 Å². The molecule has 4 rings (SSSR count). The lowest BCUT2D eigenvalue weighted by Crippen LogP contribution is -2.62. The third kappa shape index (κ3) is 6.19. The molecule has 3 aliphatic rings. The van der Waals surface area contributed by atoms with Gasteiger partial charge in [0, 0.05) is 37.1 Å². The summed E-state index contributed by atoms with van der Waals surface area (Å²) in [5, 5.41) is 0. The SMILES string of the molecule is C=NC1C(N2CCOCC2)=NC(c2cnc(N(C=O)C(=O)OC(C)(C)C)nc2C)N(C)C1N(C)CC1CC1. The van der Waals surface area contributed by atoms with Crippen molar-refractivity contribution < 1.29 is 19.1 Å². The predicted octanol–water partition coefficient (Wildman–Crippen LogP) is 2.09. The van der Waals surface area contributed by atoms with E-state index in [0.717, 1.165) is 35.9 Å². The van der Waals surface area contributed by atoms with Gasteiger partial charge in [-0.3, -0.25) is 19.6 Å². The number of hydrogen-bond donors (Lipinski definition) is 0. The van der Waals surface area contributed by atoms with Gasteiger partial charge in [0.1, 0.15) is 23.6 Å². The summed E-state index contributed by atoms with van der Waals surface area (Å²) in [5.41, 5.74) is 0.630. The second-order valence-corrected chi connectivity index (χ2v) is 11.2. The molecule has 2 fully saturated rings. The number of amidine groups is 1. The zero-order valence-electron chi connectivity index (χ0n) is 23.3. The fraction of sp³-hybridized carbons (Fsp3) is 0.692. The quantitative estimate of drug-likeness (QED) is 0.387. The van der Waals surface area contributed by atoms with Crippen LogP contribution in [0.5, 0.6) is 0 Å². The number of carbonyl (C=O) groups excluding carboxylic acids is 2. The smallest absolute Gasteiger partial charge is 0.424 e. The van der Waals surface area contributed by atoms with Gasteiger partial charge in [0.05, 0.1) is 19.4 Å². The van der Waals surface area contributed by atoms with Gasteiger partial charge in [-0.15, -0.1) is 0 Å². The van der Waals surface area contributed by atoms with E-state index in [0.29, 0.717) is 31.2 Å². The van der Waals surface area contributed by atoms with Gasteiger partial charge in [-0.05, 0) is 67.3 Å². The number of likely N-dealkylation sites (N-methyl/N-ethyl adjacent to an activating group) is 2. The van der Waals surface area contributed by atoms with Crippen LogP contribution in [0.25, 0.3) is 0 Å². The van der Waals surface area contributed by atoms with E-state index in [4.69, 9.17) is 14.5 Å². The molecule has 0 radical (unpaired) electrons. The Morgan fingerprint density at radius 2 is 2.00 bits per heavy atom. The molecular formula is C26H40N8O4. The first kappa shape index (κ1) is 28.1. The van der Waals surface area contributed by atoms with Crippen molar-refractivity contribution in [2.45, 2.75) is 64.5 Å². The summed E-state index contributed by atoms with van der Waals surface area (Å²) >= 11 is 0. The normalized spacial score (nSPS) is 24.7. The van der Waals surface area contributed by atoms with Gasteiger partial charge in [0.2, 0.25) is 12.4 Å². The fourth-order valence-corrected chi connectivity index (χ4v) is 5.00. The number of anilines is 1. The fourth-order valence-electron chi connectivity index (χ4n) is 5.00. The first-order valence-electron chi connectivity index (χ1n) is 13.1. The van der Waals surface area contributed by atoms with E-state index in [1.807, 2.05) is 14.0 Å². The first-order valence-corrected chi connectivity index (χ1v) is 13.1. The van der Waals surface area contributed by atoms with Crippen LogP contribution < -0.4 is 4.90 Å². The molecule has 1 aliphatic carbocycles. The maximum Gasteiger partial charge on any atom is 0.424 e. The Morgan fingerprint density at radius 1 is 1.32 bits per heavy atom. The van der Waals surface area contributed by atoms with E-state index >= 15 is 0 Å². The monoisotopic (exact) mass is 528 g/mol. The van der Waals surface area contributed by atoms with Gasteiger partial charge in [0.25, 0.3) is 0 Å². The molecule has 0 bridgehead atoms. The number of morpholine rings is 1. The zero-order chi connectivity index (χ0) is 27.6. The lowest BCUT2D eigenvalue weighted by atomic mass is 10.0. The van der Waals surface area contributed by atoms with Crippen molar-refractivity contribution in [1.82, 2.24) is 24.7 Å². The Morgan fingerprint density at radius 3 is 2.55 bits per heavy atom. The van der Waals surface area contributed by atoms with E-state index in [2.05, 4.69) is 43.4 Å². The summed E-state index contributed by atoms with van der Waals surface area (Å²) in [6.45, 7) is 14.7. The summed E-state index contributed by atoms with van der Waals surface area (Å²) in [6, 6.07) is -0.226. The molecule has 0 aromatic carbocycles. The van der Waals surface area contributed by atoms with Crippen molar-refractivity contribution >= 4 is 31.0 Å². The number of hydrogen-bond acceptors (Lipinski definition) is 11. The molecular weight excluding hydrogens is 488 g/mol. The summed E-state index contributed by atoms with van der Waals surface area (Å²) in [5.74, 6) is 1.54. The Balaban J connectivity index is 1.69. The third-order valence-electron chi connectivity index (χ3n) is 7.02. The maximum atomic E-state index is 12.6. The molecule has 12 nitrogen and oxygen atoms in total. The van der Waals surface area contributed by atoms with Crippen molar-refractivity contribution in [3.8, 4) is 0 Å². The molecule has 3 heterocycles. The van der Waals surface area contributed by atoms with E-state index in [1.54, 1.807) is 27.0 Å². The number of ether oxygens (including phenoxy) is 2. The van der Waals surface area contributed by atoms with Crippen LogP contribution in [-0.4, -0.2) is 114 Å². The van der Waals surface area contributed by atoms with Crippen LogP contribution in [0.1, 0.15) is 51.0 Å². The molecule has 0 spiro atoms. The van der Waals surface area contributed by atoms with Crippen molar-refractivity contribution in [1.29, 1.82) is 0 Å². The number of nitrogens with zero attached hydrogens (tertiary/aromatic N) is 8. The van der Waals surface area contributed by atoms with Crippen LogP contribution >= 0.6 is 0 Å². The summed E-state index contributed by atoms with van der Waals surface area (Å²) in [6.07, 6.45) is 3.22. The lowest BCUT2D eigenvalue weighted by molar-refractivity contribution is -0.107. The van der Waals surface area contributed by atoms with E-state index < -0.39 is 17.9 Å². The van der Waals surface area contributed by atoms with Crippen LogP contribution in [0.3, 0.4) is 0 Å². The molecule has 208 valence electrons. The second kappa shape index (κ2) is 11.4. The Bertz CT molecular complexity index is 1060. The highest BCUT2D eigenvalue weighted by molar-refractivity contribution is 6.01. The van der Waals surface area contributed by atoms with Gasteiger partial charge in [-0.25, -0.2) is 19.8 Å². The highest BCUT2D eigenvalue weighted by Crippen LogP contribution is 2.36. The molecule has 2 aliphatic heterocycles. The van der Waals surface area contributed by atoms with Crippen molar-refractivity contribution in [2.75, 3.05) is 51.8 Å². The van der Waals surface area contributed by atoms with Crippen LogP contribution in [0.2, 0.25) is 0 Å². The molecule has 0 N–H and O–H groups in total. The van der Waals surface area contributed by atoms with Gasteiger partial charge < -0.3 is 14.4 Å². The van der Waals surface area contributed by atoms with E-state index in [-0.39, 0.29) is 18.2 Å². The Kier molecular flexibility index (Phi) is 8.43. The van der Waals surface area contributed by atoms with Crippen LogP contribution in [0, 0.1) is 12.8 Å². The maximum absolute atomic E-state index is 12.6. The number of rotatable bonds is 7. The van der Waals surface area contributed by atoms with Crippen LogP contribution in [-0.2, 0) is 14.3 Å². The van der Waals surface area contributed by atoms with Crippen molar-refractivity contribution in [3.05, 3.63) is 17.5 Å². The number of aryl methyl sites for hydroxylation is 1. The topological polar surface area (TPSA) is 116 Å². The van der Waals surface area contributed by atoms with Gasteiger partial charge in [0.15, 0.2) is 0 Å². The number of aliphatic imine (C=N–C) groups is 2. The molecule has 38 heavy (non-hydrogen) atoms. The van der Waals surface area contributed by atoms with Gasteiger partial charge >= 0.3 is 6.09 Å². The van der Waals surface area contributed by atoms with Crippen LogP contribution in [0.15, 0.2) is 16.2 Å². The number of carbonyl (C=O) groups is 2. The van der Waals surface area contributed by atoms with E-state index in [9.17, 15) is 9.59 Å². The Hall–Kier alpha value is -2.96. The highest BCUT2D eigenvalue weighted by Gasteiger charge is 2.44. The molecule has 1 saturated carbocycles. The number of aromatic nitrogens is 2. The molecule has 1 aromatic rings. The van der Waals surface area contributed by atoms with Crippen LogP contribution in [0.4, 0.5) is 10.7 Å². The second-order valence-electron chi connectivity index (χ2n) is 11.2. The molecule has 1 saturated heterocycles. The lowest BCUT2D eigenvalue weighted by Gasteiger charge is -2.48.